The zero-order valence-corrected chi connectivity index (χ0v) is 25.2. The molecule has 7 nitrogen and oxygen atoms in total. The molecule has 1 N–H and O–H groups in total. The molecule has 2 bridgehead atoms. The third-order valence-corrected chi connectivity index (χ3v) is 11.2. The second kappa shape index (κ2) is 12.1. The first-order valence-electron chi connectivity index (χ1n) is 14.6. The predicted molar refractivity (Wildman–Crippen MR) is 160 cm³/mol. The average molecular weight is 568 g/mol. The van der Waals surface area contributed by atoms with Crippen molar-refractivity contribution in [2.75, 3.05) is 19.7 Å². The number of fused-ring (bicyclic) bond motifs is 1. The molecule has 3 heterocycles. The van der Waals surface area contributed by atoms with Crippen molar-refractivity contribution in [3.63, 3.8) is 0 Å². The van der Waals surface area contributed by atoms with Crippen molar-refractivity contribution in [1.29, 1.82) is 0 Å². The molecular formula is C32H45N3O4S. The zero-order chi connectivity index (χ0) is 29.2. The van der Waals surface area contributed by atoms with Gasteiger partial charge in [-0.1, -0.05) is 55.8 Å². The second-order valence-electron chi connectivity index (χ2n) is 11.9. The first-order chi connectivity index (χ1) is 19.1. The topological polar surface area (TPSA) is 81.2 Å². The number of thioether (sulfide) groups is 1. The molecule has 3 amide bonds. The fraction of sp³-hybridized carbons (Fsp3) is 0.594. The van der Waals surface area contributed by atoms with E-state index in [0.29, 0.717) is 26.1 Å². The van der Waals surface area contributed by atoms with Crippen molar-refractivity contribution in [3.8, 4) is 0 Å². The van der Waals surface area contributed by atoms with Gasteiger partial charge < -0.3 is 19.8 Å². The van der Waals surface area contributed by atoms with E-state index in [2.05, 4.69) is 27.0 Å². The lowest BCUT2D eigenvalue weighted by atomic mass is 9.66. The van der Waals surface area contributed by atoms with Gasteiger partial charge >= 0.3 is 0 Å². The Hall–Kier alpha value is -2.58. The summed E-state index contributed by atoms with van der Waals surface area (Å²) >= 11 is 1.67. The summed E-state index contributed by atoms with van der Waals surface area (Å²) in [5, 5.41) is 10.2. The van der Waals surface area contributed by atoms with E-state index in [1.54, 1.807) is 40.6 Å². The summed E-state index contributed by atoms with van der Waals surface area (Å²) < 4.78 is -1.18. The summed E-state index contributed by atoms with van der Waals surface area (Å²) in [6.07, 6.45) is 6.67. The summed E-state index contributed by atoms with van der Waals surface area (Å²) in [5.41, 5.74) is 1.01. The van der Waals surface area contributed by atoms with Crippen LogP contribution in [-0.2, 0) is 20.9 Å². The Morgan fingerprint density at radius 2 is 1.82 bits per heavy atom. The van der Waals surface area contributed by atoms with Crippen LogP contribution in [0, 0.1) is 11.8 Å². The summed E-state index contributed by atoms with van der Waals surface area (Å²) in [6, 6.07) is 8.55. The lowest BCUT2D eigenvalue weighted by molar-refractivity contribution is -0.148. The van der Waals surface area contributed by atoms with Gasteiger partial charge in [0.05, 0.1) is 29.2 Å². The van der Waals surface area contributed by atoms with Gasteiger partial charge in [-0.3, -0.25) is 14.4 Å². The number of aliphatic hydroxyl groups is 1. The molecule has 8 heteroatoms. The third-order valence-electron chi connectivity index (χ3n) is 9.18. The van der Waals surface area contributed by atoms with E-state index in [4.69, 9.17) is 0 Å². The van der Waals surface area contributed by atoms with E-state index in [0.717, 1.165) is 24.8 Å². The van der Waals surface area contributed by atoms with Crippen LogP contribution in [0.25, 0.3) is 0 Å². The van der Waals surface area contributed by atoms with Gasteiger partial charge in [-0.05, 0) is 45.6 Å². The van der Waals surface area contributed by atoms with E-state index < -0.39 is 33.4 Å². The van der Waals surface area contributed by atoms with Gasteiger partial charge in [0.15, 0.2) is 0 Å². The fourth-order valence-electron chi connectivity index (χ4n) is 7.33. The number of benzene rings is 1. The second-order valence-corrected chi connectivity index (χ2v) is 13.8. The molecule has 0 aliphatic carbocycles. The normalized spacial score (nSPS) is 30.1. The molecule has 1 aromatic carbocycles. The molecule has 3 saturated heterocycles. The van der Waals surface area contributed by atoms with Crippen LogP contribution >= 0.6 is 11.8 Å². The van der Waals surface area contributed by atoms with Gasteiger partial charge in [-0.15, -0.1) is 24.9 Å². The number of carbonyl (C=O) groups is 3. The molecule has 3 unspecified atom stereocenters. The molecule has 0 saturated carbocycles. The van der Waals surface area contributed by atoms with Crippen LogP contribution in [0.5, 0.6) is 0 Å². The highest BCUT2D eigenvalue weighted by Crippen LogP contribution is 2.72. The number of rotatable bonds is 13. The molecule has 4 rings (SSSR count). The highest BCUT2D eigenvalue weighted by Gasteiger charge is 2.77. The minimum absolute atomic E-state index is 0.0158. The highest BCUT2D eigenvalue weighted by atomic mass is 32.2. The lowest BCUT2D eigenvalue weighted by Crippen LogP contribution is -2.58. The number of hydrogen-bond acceptors (Lipinski definition) is 5. The van der Waals surface area contributed by atoms with E-state index >= 15 is 0 Å². The molecular weight excluding hydrogens is 522 g/mol. The maximum absolute atomic E-state index is 14.5. The Kier molecular flexibility index (Phi) is 9.20. The van der Waals surface area contributed by atoms with E-state index in [1.165, 1.54) is 0 Å². The van der Waals surface area contributed by atoms with Crippen LogP contribution in [0.15, 0.2) is 55.6 Å². The molecule has 7 atom stereocenters. The van der Waals surface area contributed by atoms with Crippen molar-refractivity contribution in [2.45, 2.75) is 87.5 Å². The number of carbonyl (C=O) groups excluding carboxylic acids is 3. The number of nitrogens with zero attached hydrogens (tertiary/aromatic N) is 3. The maximum Gasteiger partial charge on any atom is 0.247 e. The smallest absolute Gasteiger partial charge is 0.247 e. The van der Waals surface area contributed by atoms with Crippen molar-refractivity contribution in [1.82, 2.24) is 14.7 Å². The molecule has 1 aromatic rings. The SMILES string of the molecule is C=CCN(Cc1ccccc1)C(=O)[C@@H]1[C@H]2C(=O)N([C@H](C)CO)C(C(=O)N(CC=C)C(C)CCC)C23CC[C@@]1(C)S3. The first-order valence-corrected chi connectivity index (χ1v) is 15.4. The van der Waals surface area contributed by atoms with Crippen LogP contribution in [0.2, 0.25) is 0 Å². The van der Waals surface area contributed by atoms with Gasteiger partial charge in [0, 0.05) is 30.4 Å². The summed E-state index contributed by atoms with van der Waals surface area (Å²) in [4.78, 5) is 48.5. The Balaban J connectivity index is 1.76. The van der Waals surface area contributed by atoms with Crippen LogP contribution in [-0.4, -0.2) is 84.8 Å². The van der Waals surface area contributed by atoms with Crippen molar-refractivity contribution in [2.24, 2.45) is 11.8 Å². The molecule has 3 aliphatic rings. The fourth-order valence-corrected chi connectivity index (χ4v) is 9.66. The molecule has 40 heavy (non-hydrogen) atoms. The van der Waals surface area contributed by atoms with E-state index in [9.17, 15) is 19.5 Å². The van der Waals surface area contributed by atoms with Gasteiger partial charge in [-0.25, -0.2) is 0 Å². The highest BCUT2D eigenvalue weighted by molar-refractivity contribution is 8.02. The van der Waals surface area contributed by atoms with Crippen LogP contribution in [0.4, 0.5) is 0 Å². The third kappa shape index (κ3) is 5.02. The Labute approximate surface area is 243 Å². The summed E-state index contributed by atoms with van der Waals surface area (Å²) in [5.74, 6) is -1.54. The van der Waals surface area contributed by atoms with Crippen molar-refractivity contribution >= 4 is 29.5 Å². The predicted octanol–water partition coefficient (Wildman–Crippen LogP) is 4.27. The Bertz CT molecular complexity index is 1130. The summed E-state index contributed by atoms with van der Waals surface area (Å²) in [6.45, 7) is 16.7. The molecule has 3 fully saturated rings. The van der Waals surface area contributed by atoms with E-state index in [-0.39, 0.29) is 30.4 Å². The first kappa shape index (κ1) is 30.4. The summed E-state index contributed by atoms with van der Waals surface area (Å²) in [7, 11) is 0. The largest absolute Gasteiger partial charge is 0.394 e. The number of hydrogen-bond donors (Lipinski definition) is 1. The van der Waals surface area contributed by atoms with Crippen LogP contribution < -0.4 is 0 Å². The van der Waals surface area contributed by atoms with E-state index in [1.807, 2.05) is 42.2 Å². The zero-order valence-electron chi connectivity index (χ0n) is 24.4. The lowest BCUT2D eigenvalue weighted by Gasteiger charge is -2.40. The minimum atomic E-state index is -0.738. The Morgan fingerprint density at radius 1 is 1.15 bits per heavy atom. The monoisotopic (exact) mass is 567 g/mol. The standard InChI is InChI=1S/C32H45N3O4S/c1-7-13-22(4)34(19-9-3)30(39)27-32-17-16-31(6,40-32)25(26(32)29(38)35(27)23(5)21-36)28(37)33(18-8-2)20-24-14-11-10-12-15-24/h8-12,14-15,22-23,25-27,36H,2-3,7,13,16-21H2,1,4-6H3/t22?,23-,25+,26+,27?,31-,32?/m1/s1. The van der Waals surface area contributed by atoms with Gasteiger partial charge in [0.25, 0.3) is 0 Å². The number of aliphatic hydroxyl groups excluding tert-OH is 1. The minimum Gasteiger partial charge on any atom is -0.394 e. The molecule has 0 radical (unpaired) electrons. The number of amides is 3. The molecule has 1 spiro atoms. The maximum atomic E-state index is 14.5. The molecule has 3 aliphatic heterocycles. The molecule has 218 valence electrons. The quantitative estimate of drug-likeness (QED) is 0.360. The number of likely N-dealkylation sites (tertiary alicyclic amines) is 1. The van der Waals surface area contributed by atoms with Crippen molar-refractivity contribution < 1.29 is 19.5 Å². The van der Waals surface area contributed by atoms with Gasteiger partial charge in [-0.2, -0.15) is 0 Å². The average Bonchev–Trinajstić information content (AvgIpc) is 3.51. The van der Waals surface area contributed by atoms with Gasteiger partial charge in [0.2, 0.25) is 17.7 Å². The van der Waals surface area contributed by atoms with Crippen LogP contribution in [0.1, 0.15) is 58.9 Å². The molecule has 0 aromatic heterocycles. The van der Waals surface area contributed by atoms with Gasteiger partial charge in [0.1, 0.15) is 6.04 Å². The van der Waals surface area contributed by atoms with Crippen molar-refractivity contribution in [3.05, 3.63) is 61.2 Å². The Morgan fingerprint density at radius 3 is 2.42 bits per heavy atom. The van der Waals surface area contributed by atoms with Crippen LogP contribution in [0.3, 0.4) is 0 Å².